The minimum absolute atomic E-state index is 0.403. The van der Waals surface area contributed by atoms with E-state index in [1.807, 2.05) is 63.2 Å². The van der Waals surface area contributed by atoms with E-state index in [9.17, 15) is 4.79 Å². The van der Waals surface area contributed by atoms with Crippen LogP contribution in [0.3, 0.4) is 0 Å². The lowest BCUT2D eigenvalue weighted by Crippen LogP contribution is -2.32. The third-order valence-electron chi connectivity index (χ3n) is 3.03. The molecule has 0 saturated heterocycles. The number of para-hydroxylation sites is 1. The van der Waals surface area contributed by atoms with Gasteiger partial charge >= 0.3 is 6.09 Å². The van der Waals surface area contributed by atoms with Gasteiger partial charge in [-0.25, -0.2) is 4.79 Å². The van der Waals surface area contributed by atoms with Crippen LogP contribution in [0.15, 0.2) is 48.7 Å². The van der Waals surface area contributed by atoms with Gasteiger partial charge in [-0.05, 0) is 44.5 Å². The van der Waals surface area contributed by atoms with E-state index in [4.69, 9.17) is 4.74 Å². The van der Waals surface area contributed by atoms with Gasteiger partial charge in [0.05, 0.1) is 12.2 Å². The second-order valence-corrected chi connectivity index (χ2v) is 6.19. The smallest absolute Gasteiger partial charge is 0.407 e. The average molecular weight is 313 g/mol. The van der Waals surface area contributed by atoms with Gasteiger partial charge in [-0.2, -0.15) is 0 Å². The standard InChI is InChI=1S/C18H23N3O2/c1-18(2,3)23-17(22)21-12-14-8-4-5-10-16(14)20-13-15-9-6-7-11-19-15/h4-11,20H,12-13H2,1-3H3,(H,21,22). The SMILES string of the molecule is CC(C)(C)OC(=O)NCc1ccccc1NCc1ccccn1. The molecule has 0 aliphatic heterocycles. The van der Waals surface area contributed by atoms with Crippen LogP contribution in [0.25, 0.3) is 0 Å². The third-order valence-corrected chi connectivity index (χ3v) is 3.03. The summed E-state index contributed by atoms with van der Waals surface area (Å²) < 4.78 is 5.25. The van der Waals surface area contributed by atoms with Crippen LogP contribution in [0.4, 0.5) is 10.5 Å². The highest BCUT2D eigenvalue weighted by molar-refractivity contribution is 5.68. The van der Waals surface area contributed by atoms with Crippen molar-refractivity contribution in [2.24, 2.45) is 0 Å². The summed E-state index contributed by atoms with van der Waals surface area (Å²) in [5, 5.41) is 6.12. The van der Waals surface area contributed by atoms with Crippen LogP contribution in [0.5, 0.6) is 0 Å². The summed E-state index contributed by atoms with van der Waals surface area (Å²) in [5.41, 5.74) is 2.42. The summed E-state index contributed by atoms with van der Waals surface area (Å²) in [6, 6.07) is 13.7. The highest BCUT2D eigenvalue weighted by Gasteiger charge is 2.16. The topological polar surface area (TPSA) is 63.2 Å². The number of rotatable bonds is 5. The van der Waals surface area contributed by atoms with Gasteiger partial charge in [0.1, 0.15) is 5.60 Å². The number of nitrogens with zero attached hydrogens (tertiary/aromatic N) is 1. The predicted octanol–water partition coefficient (Wildman–Crippen LogP) is 3.72. The molecule has 5 nitrogen and oxygen atoms in total. The van der Waals surface area contributed by atoms with Crippen molar-refractivity contribution in [3.05, 3.63) is 59.9 Å². The van der Waals surface area contributed by atoms with E-state index in [1.165, 1.54) is 0 Å². The largest absolute Gasteiger partial charge is 0.444 e. The Morgan fingerprint density at radius 1 is 1.09 bits per heavy atom. The number of pyridine rings is 1. The lowest BCUT2D eigenvalue weighted by Gasteiger charge is -2.20. The molecule has 0 fully saturated rings. The molecule has 2 aromatic rings. The van der Waals surface area contributed by atoms with Gasteiger partial charge in [-0.15, -0.1) is 0 Å². The number of ether oxygens (including phenoxy) is 1. The van der Waals surface area contributed by atoms with Crippen molar-refractivity contribution < 1.29 is 9.53 Å². The van der Waals surface area contributed by atoms with E-state index < -0.39 is 11.7 Å². The van der Waals surface area contributed by atoms with Crippen molar-refractivity contribution >= 4 is 11.8 Å². The molecular formula is C18H23N3O2. The number of nitrogens with one attached hydrogen (secondary N) is 2. The Balaban J connectivity index is 1.93. The first-order valence-corrected chi connectivity index (χ1v) is 7.62. The van der Waals surface area contributed by atoms with Crippen molar-refractivity contribution in [1.82, 2.24) is 10.3 Å². The monoisotopic (exact) mass is 313 g/mol. The summed E-state index contributed by atoms with van der Waals surface area (Å²) in [7, 11) is 0. The summed E-state index contributed by atoms with van der Waals surface area (Å²) in [5.74, 6) is 0. The Kier molecular flexibility index (Phi) is 5.57. The minimum atomic E-state index is -0.499. The van der Waals surface area contributed by atoms with Crippen molar-refractivity contribution in [2.75, 3.05) is 5.32 Å². The molecule has 23 heavy (non-hydrogen) atoms. The molecular weight excluding hydrogens is 290 g/mol. The van der Waals surface area contributed by atoms with E-state index >= 15 is 0 Å². The molecule has 0 aliphatic rings. The molecule has 1 amide bonds. The molecule has 1 aromatic carbocycles. The van der Waals surface area contributed by atoms with E-state index in [1.54, 1.807) is 6.20 Å². The molecule has 5 heteroatoms. The lowest BCUT2D eigenvalue weighted by molar-refractivity contribution is 0.0523. The first-order chi connectivity index (χ1) is 10.9. The average Bonchev–Trinajstić information content (AvgIpc) is 2.51. The quantitative estimate of drug-likeness (QED) is 0.883. The Labute approximate surface area is 137 Å². The van der Waals surface area contributed by atoms with Crippen LogP contribution in [0, 0.1) is 0 Å². The van der Waals surface area contributed by atoms with Crippen molar-refractivity contribution in [1.29, 1.82) is 0 Å². The number of carbonyl (C=O) groups excluding carboxylic acids is 1. The molecule has 0 aliphatic carbocycles. The van der Waals surface area contributed by atoms with E-state index in [0.29, 0.717) is 13.1 Å². The molecule has 0 atom stereocenters. The zero-order chi connectivity index (χ0) is 16.7. The fraction of sp³-hybridized carbons (Fsp3) is 0.333. The molecule has 0 bridgehead atoms. The van der Waals surface area contributed by atoms with Gasteiger partial charge in [0.2, 0.25) is 0 Å². The van der Waals surface area contributed by atoms with Gasteiger partial charge in [0, 0.05) is 18.4 Å². The van der Waals surface area contributed by atoms with Gasteiger partial charge < -0.3 is 15.4 Å². The molecule has 1 aromatic heterocycles. The number of alkyl carbamates (subject to hydrolysis) is 1. The summed E-state index contributed by atoms with van der Waals surface area (Å²) >= 11 is 0. The number of amides is 1. The normalized spacial score (nSPS) is 10.9. The van der Waals surface area contributed by atoms with Crippen LogP contribution in [-0.4, -0.2) is 16.7 Å². The third kappa shape index (κ3) is 5.98. The second kappa shape index (κ2) is 7.63. The maximum atomic E-state index is 11.8. The van der Waals surface area contributed by atoms with E-state index in [2.05, 4.69) is 15.6 Å². The van der Waals surface area contributed by atoms with Crippen LogP contribution in [0.2, 0.25) is 0 Å². The maximum Gasteiger partial charge on any atom is 0.407 e. The minimum Gasteiger partial charge on any atom is -0.444 e. The number of benzene rings is 1. The first-order valence-electron chi connectivity index (χ1n) is 7.62. The van der Waals surface area contributed by atoms with Crippen molar-refractivity contribution in [3.63, 3.8) is 0 Å². The number of aromatic nitrogens is 1. The molecule has 0 unspecified atom stereocenters. The van der Waals surface area contributed by atoms with Gasteiger partial charge in [-0.3, -0.25) is 4.98 Å². The van der Waals surface area contributed by atoms with Gasteiger partial charge in [0.25, 0.3) is 0 Å². The Bertz CT molecular complexity index is 636. The first kappa shape index (κ1) is 16.8. The molecule has 1 heterocycles. The lowest BCUT2D eigenvalue weighted by atomic mass is 10.1. The Hall–Kier alpha value is -2.56. The van der Waals surface area contributed by atoms with Crippen LogP contribution in [0.1, 0.15) is 32.0 Å². The van der Waals surface area contributed by atoms with Crippen LogP contribution >= 0.6 is 0 Å². The summed E-state index contributed by atoms with van der Waals surface area (Å²) in [6.45, 7) is 6.56. The number of hydrogen-bond donors (Lipinski definition) is 2. The second-order valence-electron chi connectivity index (χ2n) is 6.19. The Morgan fingerprint density at radius 2 is 1.83 bits per heavy atom. The number of hydrogen-bond acceptors (Lipinski definition) is 4. The van der Waals surface area contributed by atoms with Crippen molar-refractivity contribution in [3.8, 4) is 0 Å². The highest BCUT2D eigenvalue weighted by atomic mass is 16.6. The van der Waals surface area contributed by atoms with E-state index in [-0.39, 0.29) is 0 Å². The molecule has 0 spiro atoms. The summed E-state index contributed by atoms with van der Waals surface area (Å²) in [4.78, 5) is 16.0. The Morgan fingerprint density at radius 3 is 2.52 bits per heavy atom. The fourth-order valence-corrected chi connectivity index (χ4v) is 2.02. The number of carbonyl (C=O) groups is 1. The van der Waals surface area contributed by atoms with Crippen molar-refractivity contribution in [2.45, 2.75) is 39.5 Å². The summed E-state index contributed by atoms with van der Waals surface area (Å²) in [6.07, 6.45) is 1.35. The van der Waals surface area contributed by atoms with Crippen LogP contribution < -0.4 is 10.6 Å². The van der Waals surface area contributed by atoms with Gasteiger partial charge in [-0.1, -0.05) is 24.3 Å². The van der Waals surface area contributed by atoms with E-state index in [0.717, 1.165) is 16.9 Å². The maximum absolute atomic E-state index is 11.8. The fourth-order valence-electron chi connectivity index (χ4n) is 2.02. The van der Waals surface area contributed by atoms with Crippen LogP contribution in [-0.2, 0) is 17.8 Å². The zero-order valence-electron chi connectivity index (χ0n) is 13.8. The van der Waals surface area contributed by atoms with Gasteiger partial charge in [0.15, 0.2) is 0 Å². The molecule has 0 radical (unpaired) electrons. The molecule has 2 rings (SSSR count). The number of anilines is 1. The zero-order valence-corrected chi connectivity index (χ0v) is 13.8. The highest BCUT2D eigenvalue weighted by Crippen LogP contribution is 2.16. The molecule has 2 N–H and O–H groups in total. The predicted molar refractivity (Wildman–Crippen MR) is 91.1 cm³/mol. The molecule has 122 valence electrons. The molecule has 0 saturated carbocycles.